The van der Waals surface area contributed by atoms with Gasteiger partial charge >= 0.3 is 6.01 Å². The average Bonchev–Trinajstić information content (AvgIpc) is 2.48. The van der Waals surface area contributed by atoms with E-state index in [4.69, 9.17) is 15.3 Å². The number of benzene rings is 1. The standard InChI is InChI=1S/C12H15N5O2S/c1-3-19-11-14-10(17-13)15-12(16-11)20-9-6-4-8(18-2)5-7-9/h4-7H,3,13H2,1-2H3,(H,14,15,16,17). The zero-order valence-electron chi connectivity index (χ0n) is 11.2. The predicted octanol–water partition coefficient (Wildman–Crippen LogP) is 1.72. The molecule has 1 aromatic heterocycles. The van der Waals surface area contributed by atoms with E-state index < -0.39 is 0 Å². The minimum Gasteiger partial charge on any atom is -0.497 e. The van der Waals surface area contributed by atoms with Crippen molar-refractivity contribution < 1.29 is 9.47 Å². The van der Waals surface area contributed by atoms with E-state index in [-0.39, 0.29) is 12.0 Å². The molecular formula is C12H15N5O2S. The molecule has 0 bridgehead atoms. The van der Waals surface area contributed by atoms with Gasteiger partial charge in [0.25, 0.3) is 0 Å². The molecule has 3 N–H and O–H groups in total. The Morgan fingerprint density at radius 1 is 1.20 bits per heavy atom. The molecule has 7 nitrogen and oxygen atoms in total. The van der Waals surface area contributed by atoms with Gasteiger partial charge in [0, 0.05) is 4.90 Å². The van der Waals surface area contributed by atoms with Crippen LogP contribution in [0.25, 0.3) is 0 Å². The monoisotopic (exact) mass is 293 g/mol. The summed E-state index contributed by atoms with van der Waals surface area (Å²) in [6.07, 6.45) is 0. The third kappa shape index (κ3) is 3.72. The number of nitrogens with zero attached hydrogens (tertiary/aromatic N) is 3. The summed E-state index contributed by atoms with van der Waals surface area (Å²) in [5.74, 6) is 6.39. The van der Waals surface area contributed by atoms with Crippen molar-refractivity contribution in [2.75, 3.05) is 19.1 Å². The van der Waals surface area contributed by atoms with E-state index in [0.29, 0.717) is 11.8 Å². The minimum absolute atomic E-state index is 0.242. The first-order valence-corrected chi connectivity index (χ1v) is 6.74. The van der Waals surface area contributed by atoms with Crippen LogP contribution in [0.3, 0.4) is 0 Å². The lowest BCUT2D eigenvalue weighted by molar-refractivity contribution is 0.308. The van der Waals surface area contributed by atoms with Crippen molar-refractivity contribution in [2.45, 2.75) is 17.0 Å². The van der Waals surface area contributed by atoms with Gasteiger partial charge in [0.05, 0.1) is 13.7 Å². The van der Waals surface area contributed by atoms with E-state index in [2.05, 4.69) is 20.4 Å². The number of nitrogens with one attached hydrogen (secondary N) is 1. The van der Waals surface area contributed by atoms with Gasteiger partial charge in [0.1, 0.15) is 5.75 Å². The molecule has 0 aliphatic rings. The molecule has 0 unspecified atom stereocenters. The largest absolute Gasteiger partial charge is 0.497 e. The quantitative estimate of drug-likeness (QED) is 0.614. The highest BCUT2D eigenvalue weighted by atomic mass is 32.2. The molecule has 8 heteroatoms. The van der Waals surface area contributed by atoms with E-state index >= 15 is 0 Å². The van der Waals surface area contributed by atoms with Crippen LogP contribution in [0.4, 0.5) is 5.95 Å². The highest BCUT2D eigenvalue weighted by molar-refractivity contribution is 7.99. The maximum atomic E-state index is 5.33. The number of rotatable bonds is 6. The Kier molecular flexibility index (Phi) is 4.97. The molecule has 0 amide bonds. The Hall–Kier alpha value is -2.06. The van der Waals surface area contributed by atoms with Gasteiger partial charge in [-0.3, -0.25) is 5.43 Å². The lowest BCUT2D eigenvalue weighted by atomic mass is 10.3. The normalized spacial score (nSPS) is 10.2. The van der Waals surface area contributed by atoms with Gasteiger partial charge in [0.2, 0.25) is 11.1 Å². The topological polar surface area (TPSA) is 95.2 Å². The first-order chi connectivity index (χ1) is 9.75. The first-order valence-electron chi connectivity index (χ1n) is 5.92. The Morgan fingerprint density at radius 3 is 2.55 bits per heavy atom. The molecule has 0 aliphatic heterocycles. The van der Waals surface area contributed by atoms with E-state index in [1.807, 2.05) is 31.2 Å². The SMILES string of the molecule is CCOc1nc(NN)nc(Sc2ccc(OC)cc2)n1. The predicted molar refractivity (Wildman–Crippen MR) is 75.9 cm³/mol. The molecule has 2 rings (SSSR count). The molecule has 0 spiro atoms. The molecule has 0 aliphatic carbocycles. The summed E-state index contributed by atoms with van der Waals surface area (Å²) < 4.78 is 10.4. The molecule has 20 heavy (non-hydrogen) atoms. The smallest absolute Gasteiger partial charge is 0.322 e. The zero-order chi connectivity index (χ0) is 14.4. The van der Waals surface area contributed by atoms with Gasteiger partial charge in [0.15, 0.2) is 0 Å². The molecule has 0 fully saturated rings. The minimum atomic E-state index is 0.242. The summed E-state index contributed by atoms with van der Waals surface area (Å²) in [7, 11) is 1.63. The van der Waals surface area contributed by atoms with E-state index in [0.717, 1.165) is 10.6 Å². The van der Waals surface area contributed by atoms with Crippen molar-refractivity contribution in [3.05, 3.63) is 24.3 Å². The molecule has 0 atom stereocenters. The van der Waals surface area contributed by atoms with Crippen LogP contribution in [0, 0.1) is 0 Å². The van der Waals surface area contributed by atoms with E-state index in [1.54, 1.807) is 7.11 Å². The van der Waals surface area contributed by atoms with Crippen LogP contribution in [0.15, 0.2) is 34.3 Å². The maximum Gasteiger partial charge on any atom is 0.322 e. The Morgan fingerprint density at radius 2 is 1.95 bits per heavy atom. The van der Waals surface area contributed by atoms with E-state index in [9.17, 15) is 0 Å². The van der Waals surface area contributed by atoms with Gasteiger partial charge in [-0.1, -0.05) is 0 Å². The average molecular weight is 293 g/mol. The first kappa shape index (κ1) is 14.4. The number of hydrazine groups is 1. The number of aromatic nitrogens is 3. The maximum absolute atomic E-state index is 5.33. The van der Waals surface area contributed by atoms with Crippen LogP contribution in [0.1, 0.15) is 6.92 Å². The fourth-order valence-electron chi connectivity index (χ4n) is 1.39. The molecule has 2 aromatic rings. The van der Waals surface area contributed by atoms with Gasteiger partial charge in [-0.25, -0.2) is 5.84 Å². The number of anilines is 1. The van der Waals surface area contributed by atoms with Crippen molar-refractivity contribution >= 4 is 17.7 Å². The third-order valence-corrected chi connectivity index (χ3v) is 3.14. The van der Waals surface area contributed by atoms with Gasteiger partial charge in [-0.2, -0.15) is 15.0 Å². The zero-order valence-corrected chi connectivity index (χ0v) is 12.0. The molecular weight excluding hydrogens is 278 g/mol. The summed E-state index contributed by atoms with van der Waals surface area (Å²) in [6.45, 7) is 2.33. The Bertz CT molecular complexity index is 564. The number of nitrogen functional groups attached to an aromatic ring is 1. The third-order valence-electron chi connectivity index (χ3n) is 2.27. The van der Waals surface area contributed by atoms with Gasteiger partial charge in [-0.15, -0.1) is 0 Å². The number of ether oxygens (including phenoxy) is 2. The van der Waals surface area contributed by atoms with Crippen LogP contribution >= 0.6 is 11.8 Å². The number of nitrogens with two attached hydrogens (primary N) is 1. The molecule has 106 valence electrons. The van der Waals surface area contributed by atoms with Gasteiger partial charge in [-0.05, 0) is 43.0 Å². The van der Waals surface area contributed by atoms with Crippen LogP contribution in [0.5, 0.6) is 11.8 Å². The van der Waals surface area contributed by atoms with Crippen molar-refractivity contribution in [1.29, 1.82) is 0 Å². The molecule has 0 saturated carbocycles. The summed E-state index contributed by atoms with van der Waals surface area (Å²) in [4.78, 5) is 13.3. The van der Waals surface area contributed by atoms with Crippen molar-refractivity contribution in [2.24, 2.45) is 5.84 Å². The van der Waals surface area contributed by atoms with Crippen molar-refractivity contribution in [1.82, 2.24) is 15.0 Å². The lowest BCUT2D eigenvalue weighted by Crippen LogP contribution is -2.12. The second-order valence-electron chi connectivity index (χ2n) is 3.58. The summed E-state index contributed by atoms with van der Waals surface area (Å²) in [5, 5.41) is 0.501. The van der Waals surface area contributed by atoms with Crippen LogP contribution in [-0.4, -0.2) is 28.7 Å². The molecule has 1 aromatic carbocycles. The van der Waals surface area contributed by atoms with Crippen LogP contribution < -0.4 is 20.7 Å². The van der Waals surface area contributed by atoms with Crippen molar-refractivity contribution in [3.63, 3.8) is 0 Å². The fraction of sp³-hybridized carbons (Fsp3) is 0.250. The summed E-state index contributed by atoms with van der Waals surface area (Å²) in [5.41, 5.74) is 2.39. The molecule has 1 heterocycles. The van der Waals surface area contributed by atoms with Crippen molar-refractivity contribution in [3.8, 4) is 11.8 Å². The number of hydrogen-bond donors (Lipinski definition) is 2. The summed E-state index contributed by atoms with van der Waals surface area (Å²) in [6, 6.07) is 7.82. The lowest BCUT2D eigenvalue weighted by Gasteiger charge is -2.06. The molecule has 0 saturated heterocycles. The highest BCUT2D eigenvalue weighted by Gasteiger charge is 2.08. The molecule has 0 radical (unpaired) electrons. The van der Waals surface area contributed by atoms with Gasteiger partial charge < -0.3 is 9.47 Å². The Balaban J connectivity index is 2.20. The van der Waals surface area contributed by atoms with Crippen LogP contribution in [0.2, 0.25) is 0 Å². The fourth-order valence-corrected chi connectivity index (χ4v) is 2.13. The number of methoxy groups -OCH3 is 1. The van der Waals surface area contributed by atoms with E-state index in [1.165, 1.54) is 11.8 Å². The highest BCUT2D eigenvalue weighted by Crippen LogP contribution is 2.27. The van der Waals surface area contributed by atoms with Crippen LogP contribution in [-0.2, 0) is 0 Å². The Labute approximate surface area is 120 Å². The summed E-state index contributed by atoms with van der Waals surface area (Å²) >= 11 is 1.38. The second kappa shape index (κ2) is 6.92. The second-order valence-corrected chi connectivity index (χ2v) is 4.62. The number of hydrogen-bond acceptors (Lipinski definition) is 8.